The van der Waals surface area contributed by atoms with Crippen molar-refractivity contribution in [2.75, 3.05) is 9.80 Å². The van der Waals surface area contributed by atoms with Gasteiger partial charge < -0.3 is 19.3 Å². The zero-order valence-electron chi connectivity index (χ0n) is 35.3. The third-order valence-electron chi connectivity index (χ3n) is 13.1. The molecule has 65 heavy (non-hydrogen) atoms. The van der Waals surface area contributed by atoms with Gasteiger partial charge in [0.15, 0.2) is 0 Å². The number of hydrogen-bond donors (Lipinski definition) is 0. The second kappa shape index (κ2) is 15.1. The SMILES string of the molecule is c1ccc(N(c2ccccc2)c2cc3c(c4ccccc24)B2c4c(ccc(-c5ccc6ccccc6c5)c4Oc4cc(N(c5ccccc5)c5ccccc5)c5ccccc5c42)O3)cc1. The summed E-state index contributed by atoms with van der Waals surface area (Å²) in [6, 6.07) is 84.2. The van der Waals surface area contributed by atoms with Gasteiger partial charge in [0.25, 0.3) is 6.71 Å². The largest absolute Gasteiger partial charge is 0.458 e. The van der Waals surface area contributed by atoms with E-state index in [0.29, 0.717) is 0 Å². The Hall–Kier alpha value is -8.54. The lowest BCUT2D eigenvalue weighted by molar-refractivity contribution is 0.466. The molecule has 4 nitrogen and oxygen atoms in total. The first-order valence-electron chi connectivity index (χ1n) is 22.2. The minimum absolute atomic E-state index is 0.227. The molecule has 2 aliphatic rings. The van der Waals surface area contributed by atoms with Crippen LogP contribution < -0.4 is 35.7 Å². The van der Waals surface area contributed by atoms with Crippen LogP contribution in [0.25, 0.3) is 43.4 Å². The smallest absolute Gasteiger partial charge is 0.262 e. The van der Waals surface area contributed by atoms with E-state index in [0.717, 1.165) is 106 Å². The van der Waals surface area contributed by atoms with Gasteiger partial charge in [-0.05, 0) is 105 Å². The van der Waals surface area contributed by atoms with Crippen LogP contribution in [0.15, 0.2) is 237 Å². The van der Waals surface area contributed by atoms with Crippen LogP contribution in [0.3, 0.4) is 0 Å². The molecule has 0 N–H and O–H groups in total. The van der Waals surface area contributed by atoms with E-state index in [9.17, 15) is 0 Å². The topological polar surface area (TPSA) is 24.9 Å². The van der Waals surface area contributed by atoms with Crippen molar-refractivity contribution in [2.45, 2.75) is 0 Å². The van der Waals surface area contributed by atoms with Crippen molar-refractivity contribution in [3.63, 3.8) is 0 Å². The van der Waals surface area contributed by atoms with E-state index in [1.165, 1.54) is 10.8 Å². The lowest BCUT2D eigenvalue weighted by Gasteiger charge is -2.37. The molecule has 0 spiro atoms. The van der Waals surface area contributed by atoms with E-state index >= 15 is 0 Å². The van der Waals surface area contributed by atoms with Crippen LogP contribution in [0.5, 0.6) is 23.0 Å². The van der Waals surface area contributed by atoms with E-state index in [2.05, 4.69) is 246 Å². The predicted octanol–water partition coefficient (Wildman–Crippen LogP) is 14.5. The fraction of sp³-hybridized carbons (Fsp3) is 0. The number of ether oxygens (including phenoxy) is 2. The van der Waals surface area contributed by atoms with Crippen LogP contribution in [0.4, 0.5) is 34.1 Å². The molecule has 13 rings (SSSR count). The molecule has 0 bridgehead atoms. The average Bonchev–Trinajstić information content (AvgIpc) is 3.37. The fourth-order valence-electron chi connectivity index (χ4n) is 10.3. The highest BCUT2D eigenvalue weighted by atomic mass is 16.5. The Kier molecular flexibility index (Phi) is 8.60. The van der Waals surface area contributed by atoms with Crippen molar-refractivity contribution in [3.8, 4) is 34.1 Å². The van der Waals surface area contributed by atoms with Gasteiger partial charge in [-0.1, -0.05) is 158 Å². The first kappa shape index (κ1) is 37.1. The molecular formula is C60H39BN2O2. The zero-order valence-corrected chi connectivity index (χ0v) is 35.3. The average molecular weight is 831 g/mol. The predicted molar refractivity (Wildman–Crippen MR) is 271 cm³/mol. The molecule has 0 amide bonds. The number of fused-ring (bicyclic) bond motifs is 9. The zero-order chi connectivity index (χ0) is 42.8. The summed E-state index contributed by atoms with van der Waals surface area (Å²) in [5, 5.41) is 6.90. The molecule has 0 radical (unpaired) electrons. The highest BCUT2D eigenvalue weighted by Gasteiger charge is 2.44. The Morgan fingerprint density at radius 2 is 0.738 bits per heavy atom. The Bertz CT molecular complexity index is 3490. The van der Waals surface area contributed by atoms with E-state index in [4.69, 9.17) is 9.47 Å². The van der Waals surface area contributed by atoms with Gasteiger partial charge >= 0.3 is 0 Å². The number of rotatable bonds is 7. The van der Waals surface area contributed by atoms with Crippen molar-refractivity contribution in [3.05, 3.63) is 237 Å². The van der Waals surface area contributed by atoms with Crippen LogP contribution in [-0.4, -0.2) is 6.71 Å². The van der Waals surface area contributed by atoms with Crippen LogP contribution in [0, 0.1) is 0 Å². The molecule has 2 aliphatic heterocycles. The highest BCUT2D eigenvalue weighted by molar-refractivity contribution is 7.01. The van der Waals surface area contributed by atoms with Crippen LogP contribution in [0.1, 0.15) is 0 Å². The first-order chi connectivity index (χ1) is 32.3. The van der Waals surface area contributed by atoms with Crippen molar-refractivity contribution >= 4 is 89.5 Å². The standard InChI is InChI=1S/C60H39BN2O2/c1-5-21-43(22-6-1)62(44-23-7-2-8-24-44)52-38-55-57(50-31-17-15-29-48(50)52)61-58-51-32-18-16-30-49(51)53(63(45-25-9-3-10-26-45)46-27-11-4-12-28-46)39-56(58)65-60-47(35-36-54(64-55)59(60)61)42-34-33-40-19-13-14-20-41(40)37-42/h1-39H. The summed E-state index contributed by atoms with van der Waals surface area (Å²) in [5.74, 6) is 3.26. The maximum atomic E-state index is 7.48. The van der Waals surface area contributed by atoms with Crippen molar-refractivity contribution in [1.29, 1.82) is 0 Å². The molecular weight excluding hydrogens is 791 g/mol. The summed E-state index contributed by atoms with van der Waals surface area (Å²) in [7, 11) is 0. The molecule has 0 unspecified atom stereocenters. The Balaban J connectivity index is 1.12. The molecule has 0 saturated heterocycles. The first-order valence-corrected chi connectivity index (χ1v) is 22.2. The van der Waals surface area contributed by atoms with E-state index in [-0.39, 0.29) is 6.71 Å². The van der Waals surface area contributed by atoms with Crippen LogP contribution in [-0.2, 0) is 0 Å². The molecule has 2 heterocycles. The quantitative estimate of drug-likeness (QED) is 0.149. The van der Waals surface area contributed by atoms with Gasteiger partial charge in [-0.2, -0.15) is 0 Å². The molecule has 11 aromatic rings. The Labute approximate surface area is 377 Å². The molecule has 0 saturated carbocycles. The fourth-order valence-corrected chi connectivity index (χ4v) is 10.3. The molecule has 11 aromatic carbocycles. The number of para-hydroxylation sites is 4. The highest BCUT2D eigenvalue weighted by Crippen LogP contribution is 2.48. The summed E-state index contributed by atoms with van der Waals surface area (Å²) in [4.78, 5) is 4.70. The van der Waals surface area contributed by atoms with E-state index in [1.54, 1.807) is 0 Å². The van der Waals surface area contributed by atoms with Crippen LogP contribution in [0.2, 0.25) is 0 Å². The molecule has 0 fully saturated rings. The van der Waals surface area contributed by atoms with Crippen molar-refractivity contribution in [1.82, 2.24) is 0 Å². The number of benzene rings is 11. The van der Waals surface area contributed by atoms with Gasteiger partial charge in [0, 0.05) is 56.7 Å². The van der Waals surface area contributed by atoms with Gasteiger partial charge in [-0.15, -0.1) is 0 Å². The maximum Gasteiger partial charge on any atom is 0.262 e. The normalized spacial score (nSPS) is 12.2. The Morgan fingerprint density at radius 1 is 0.308 bits per heavy atom. The molecule has 0 aliphatic carbocycles. The Morgan fingerprint density at radius 3 is 1.25 bits per heavy atom. The van der Waals surface area contributed by atoms with Gasteiger partial charge in [0.1, 0.15) is 23.0 Å². The van der Waals surface area contributed by atoms with Crippen molar-refractivity contribution < 1.29 is 9.47 Å². The van der Waals surface area contributed by atoms with E-state index < -0.39 is 0 Å². The second-order valence-electron chi connectivity index (χ2n) is 16.8. The molecule has 304 valence electrons. The van der Waals surface area contributed by atoms with Gasteiger partial charge in [-0.25, -0.2) is 0 Å². The van der Waals surface area contributed by atoms with E-state index in [1.807, 2.05) is 0 Å². The van der Waals surface area contributed by atoms with Crippen LogP contribution >= 0.6 is 0 Å². The van der Waals surface area contributed by atoms with Gasteiger partial charge in [0.05, 0.1) is 11.4 Å². The summed E-state index contributed by atoms with van der Waals surface area (Å²) in [6.07, 6.45) is 0. The third kappa shape index (κ3) is 6.01. The monoisotopic (exact) mass is 830 g/mol. The summed E-state index contributed by atoms with van der Waals surface area (Å²) in [6.45, 7) is -0.227. The minimum atomic E-state index is -0.227. The third-order valence-corrected chi connectivity index (χ3v) is 13.1. The number of anilines is 6. The maximum absolute atomic E-state index is 7.48. The summed E-state index contributed by atoms with van der Waals surface area (Å²) >= 11 is 0. The second-order valence-corrected chi connectivity index (χ2v) is 16.8. The summed E-state index contributed by atoms with van der Waals surface area (Å²) < 4.78 is 14.7. The van der Waals surface area contributed by atoms with Gasteiger partial charge in [0.2, 0.25) is 0 Å². The minimum Gasteiger partial charge on any atom is -0.458 e. The summed E-state index contributed by atoms with van der Waals surface area (Å²) in [5.41, 5.74) is 11.8. The lowest BCUT2D eigenvalue weighted by Crippen LogP contribution is -2.58. The lowest BCUT2D eigenvalue weighted by atomic mass is 9.33. The molecule has 0 atom stereocenters. The number of hydrogen-bond acceptors (Lipinski definition) is 4. The van der Waals surface area contributed by atoms with Crippen molar-refractivity contribution in [2.24, 2.45) is 0 Å². The molecule has 5 heteroatoms. The number of nitrogens with zero attached hydrogens (tertiary/aromatic N) is 2. The molecule has 0 aromatic heterocycles. The van der Waals surface area contributed by atoms with Gasteiger partial charge in [-0.3, -0.25) is 0 Å².